The normalized spacial score (nSPS) is 12.5. The molecule has 2 N–H and O–H groups in total. The number of nitrogens with one attached hydrogen (secondary N) is 1. The van der Waals surface area contributed by atoms with Crippen LogP contribution in [0.25, 0.3) is 0 Å². The van der Waals surface area contributed by atoms with Crippen molar-refractivity contribution in [3.63, 3.8) is 0 Å². The van der Waals surface area contributed by atoms with Gasteiger partial charge in [-0.3, -0.25) is 0 Å². The SMILES string of the molecule is CC(CCN(C)C)Nc1ccc(C(=O)O)cn1. The second-order valence-corrected chi connectivity index (χ2v) is 4.37. The number of rotatable bonds is 6. The Morgan fingerprint density at radius 2 is 2.24 bits per heavy atom. The molecule has 0 aliphatic carbocycles. The summed E-state index contributed by atoms with van der Waals surface area (Å²) in [5.74, 6) is -0.244. The van der Waals surface area contributed by atoms with Gasteiger partial charge < -0.3 is 15.3 Å². The smallest absolute Gasteiger partial charge is 0.337 e. The summed E-state index contributed by atoms with van der Waals surface area (Å²) in [7, 11) is 4.07. The number of aromatic carboxylic acids is 1. The van der Waals surface area contributed by atoms with Crippen molar-refractivity contribution in [2.24, 2.45) is 0 Å². The Labute approximate surface area is 101 Å². The maximum atomic E-state index is 10.6. The number of pyridine rings is 1. The van der Waals surface area contributed by atoms with E-state index in [4.69, 9.17) is 5.11 Å². The third-order valence-corrected chi connectivity index (χ3v) is 2.41. The first-order chi connectivity index (χ1) is 7.99. The van der Waals surface area contributed by atoms with Crippen molar-refractivity contribution < 1.29 is 9.90 Å². The van der Waals surface area contributed by atoms with Crippen molar-refractivity contribution in [2.75, 3.05) is 26.0 Å². The molecule has 0 spiro atoms. The average Bonchev–Trinajstić information content (AvgIpc) is 2.27. The van der Waals surface area contributed by atoms with Crippen LogP contribution < -0.4 is 5.32 Å². The van der Waals surface area contributed by atoms with Crippen molar-refractivity contribution in [3.05, 3.63) is 23.9 Å². The molecule has 0 aliphatic heterocycles. The first-order valence-corrected chi connectivity index (χ1v) is 5.59. The summed E-state index contributed by atoms with van der Waals surface area (Å²) in [6, 6.07) is 3.55. The Morgan fingerprint density at radius 1 is 1.53 bits per heavy atom. The van der Waals surface area contributed by atoms with Gasteiger partial charge in [0, 0.05) is 12.2 Å². The van der Waals surface area contributed by atoms with Gasteiger partial charge in [0.15, 0.2) is 0 Å². The summed E-state index contributed by atoms with van der Waals surface area (Å²) in [4.78, 5) is 16.8. The molecule has 0 saturated heterocycles. The summed E-state index contributed by atoms with van der Waals surface area (Å²) < 4.78 is 0. The summed E-state index contributed by atoms with van der Waals surface area (Å²) in [6.07, 6.45) is 2.37. The quantitative estimate of drug-likeness (QED) is 0.785. The van der Waals surface area contributed by atoms with Gasteiger partial charge in [0.25, 0.3) is 0 Å². The van der Waals surface area contributed by atoms with Crippen molar-refractivity contribution >= 4 is 11.8 Å². The zero-order valence-corrected chi connectivity index (χ0v) is 10.5. The summed E-state index contributed by atoms with van der Waals surface area (Å²) in [5.41, 5.74) is 0.205. The number of hydrogen-bond acceptors (Lipinski definition) is 4. The van der Waals surface area contributed by atoms with Gasteiger partial charge in [-0.2, -0.15) is 0 Å². The molecular weight excluding hydrogens is 218 g/mol. The van der Waals surface area contributed by atoms with Crippen LogP contribution in [-0.4, -0.2) is 47.6 Å². The van der Waals surface area contributed by atoms with E-state index in [1.54, 1.807) is 12.1 Å². The lowest BCUT2D eigenvalue weighted by Gasteiger charge is -2.17. The number of aromatic nitrogens is 1. The van der Waals surface area contributed by atoms with Crippen molar-refractivity contribution in [2.45, 2.75) is 19.4 Å². The Kier molecular flexibility index (Phi) is 4.90. The predicted octanol–water partition coefficient (Wildman–Crippen LogP) is 1.53. The fourth-order valence-electron chi connectivity index (χ4n) is 1.38. The van der Waals surface area contributed by atoms with Crippen LogP contribution in [0.4, 0.5) is 5.82 Å². The Morgan fingerprint density at radius 3 is 2.71 bits per heavy atom. The standard InChI is InChI=1S/C12H19N3O2/c1-9(6-7-15(2)3)14-11-5-4-10(8-13-11)12(16)17/h4-5,8-9H,6-7H2,1-3H3,(H,13,14)(H,16,17). The molecule has 0 bridgehead atoms. The fourth-order valence-corrected chi connectivity index (χ4v) is 1.38. The molecule has 0 aliphatic rings. The van der Waals surface area contributed by atoms with Crippen LogP contribution in [0.1, 0.15) is 23.7 Å². The van der Waals surface area contributed by atoms with E-state index in [0.717, 1.165) is 13.0 Å². The molecule has 0 radical (unpaired) electrons. The van der Waals surface area contributed by atoms with Crippen LogP contribution in [-0.2, 0) is 0 Å². The Hall–Kier alpha value is -1.62. The number of carboxylic acid groups (broad SMARTS) is 1. The summed E-state index contributed by atoms with van der Waals surface area (Å²) in [6.45, 7) is 3.08. The van der Waals surface area contributed by atoms with Crippen molar-refractivity contribution in [1.82, 2.24) is 9.88 Å². The maximum absolute atomic E-state index is 10.6. The molecule has 1 heterocycles. The Balaban J connectivity index is 2.48. The van der Waals surface area contributed by atoms with Crippen LogP contribution >= 0.6 is 0 Å². The molecule has 94 valence electrons. The van der Waals surface area contributed by atoms with E-state index in [0.29, 0.717) is 11.9 Å². The van der Waals surface area contributed by atoms with Gasteiger partial charge >= 0.3 is 5.97 Å². The largest absolute Gasteiger partial charge is 0.478 e. The molecule has 0 aromatic carbocycles. The lowest BCUT2D eigenvalue weighted by Crippen LogP contribution is -2.23. The minimum absolute atomic E-state index is 0.205. The molecule has 5 nitrogen and oxygen atoms in total. The molecule has 0 amide bonds. The third-order valence-electron chi connectivity index (χ3n) is 2.41. The van der Waals surface area contributed by atoms with Crippen LogP contribution in [0.5, 0.6) is 0 Å². The second-order valence-electron chi connectivity index (χ2n) is 4.37. The number of nitrogens with zero attached hydrogens (tertiary/aromatic N) is 2. The number of anilines is 1. The molecule has 1 rings (SSSR count). The van der Waals surface area contributed by atoms with E-state index in [9.17, 15) is 4.79 Å². The van der Waals surface area contributed by atoms with Crippen molar-refractivity contribution in [3.8, 4) is 0 Å². The zero-order chi connectivity index (χ0) is 12.8. The van der Waals surface area contributed by atoms with Crippen LogP contribution in [0.15, 0.2) is 18.3 Å². The average molecular weight is 237 g/mol. The van der Waals surface area contributed by atoms with E-state index in [-0.39, 0.29) is 5.56 Å². The minimum Gasteiger partial charge on any atom is -0.478 e. The van der Waals surface area contributed by atoms with Gasteiger partial charge in [-0.15, -0.1) is 0 Å². The minimum atomic E-state index is -0.954. The molecular formula is C12H19N3O2. The third kappa shape index (κ3) is 4.82. The molecule has 1 unspecified atom stereocenters. The number of carbonyl (C=O) groups is 1. The maximum Gasteiger partial charge on any atom is 0.337 e. The highest BCUT2D eigenvalue weighted by Gasteiger charge is 2.05. The summed E-state index contributed by atoms with van der Waals surface area (Å²) >= 11 is 0. The second kappa shape index (κ2) is 6.20. The van der Waals surface area contributed by atoms with E-state index in [1.807, 2.05) is 14.1 Å². The van der Waals surface area contributed by atoms with Gasteiger partial charge in [-0.1, -0.05) is 0 Å². The molecule has 17 heavy (non-hydrogen) atoms. The monoisotopic (exact) mass is 237 g/mol. The van der Waals surface area contributed by atoms with Gasteiger partial charge in [-0.25, -0.2) is 9.78 Å². The topological polar surface area (TPSA) is 65.5 Å². The highest BCUT2D eigenvalue weighted by Crippen LogP contribution is 2.08. The first kappa shape index (κ1) is 13.4. The number of carboxylic acids is 1. The van der Waals surface area contributed by atoms with Crippen LogP contribution in [0, 0.1) is 0 Å². The van der Waals surface area contributed by atoms with Gasteiger partial charge in [-0.05, 0) is 46.1 Å². The highest BCUT2D eigenvalue weighted by atomic mass is 16.4. The van der Waals surface area contributed by atoms with Gasteiger partial charge in [0.2, 0.25) is 0 Å². The lowest BCUT2D eigenvalue weighted by atomic mass is 10.2. The van der Waals surface area contributed by atoms with E-state index in [2.05, 4.69) is 22.1 Å². The zero-order valence-electron chi connectivity index (χ0n) is 10.5. The fraction of sp³-hybridized carbons (Fsp3) is 0.500. The van der Waals surface area contributed by atoms with Crippen molar-refractivity contribution in [1.29, 1.82) is 0 Å². The molecule has 1 atom stereocenters. The summed E-state index contributed by atoms with van der Waals surface area (Å²) in [5, 5.41) is 12.0. The molecule has 1 aromatic heterocycles. The van der Waals surface area contributed by atoms with Crippen LogP contribution in [0.2, 0.25) is 0 Å². The lowest BCUT2D eigenvalue weighted by molar-refractivity contribution is 0.0696. The molecule has 5 heteroatoms. The predicted molar refractivity (Wildman–Crippen MR) is 67.5 cm³/mol. The van der Waals surface area contributed by atoms with E-state index in [1.165, 1.54) is 6.20 Å². The highest BCUT2D eigenvalue weighted by molar-refractivity contribution is 5.87. The van der Waals surface area contributed by atoms with Gasteiger partial charge in [0.05, 0.1) is 5.56 Å². The van der Waals surface area contributed by atoms with Crippen LogP contribution in [0.3, 0.4) is 0 Å². The molecule has 1 aromatic rings. The van der Waals surface area contributed by atoms with E-state index < -0.39 is 5.97 Å². The first-order valence-electron chi connectivity index (χ1n) is 5.59. The van der Waals surface area contributed by atoms with Gasteiger partial charge in [0.1, 0.15) is 5.82 Å². The molecule has 0 fully saturated rings. The molecule has 0 saturated carbocycles. The number of hydrogen-bond donors (Lipinski definition) is 2. The van der Waals surface area contributed by atoms with E-state index >= 15 is 0 Å². The Bertz CT molecular complexity index is 363.